The van der Waals surface area contributed by atoms with Gasteiger partial charge in [-0.3, -0.25) is 18.1 Å². The molecule has 0 aliphatic rings. The molecule has 2 N–H and O–H groups in total. The van der Waals surface area contributed by atoms with E-state index in [1.165, 1.54) is 0 Å². The van der Waals surface area contributed by atoms with E-state index in [2.05, 4.69) is 0 Å². The number of phosphoric acid groups is 2. The van der Waals surface area contributed by atoms with Crippen molar-refractivity contribution in [3.63, 3.8) is 0 Å². The second-order valence-electron chi connectivity index (χ2n) is 7.73. The van der Waals surface area contributed by atoms with Crippen LogP contribution < -0.4 is 0 Å². The lowest BCUT2D eigenvalue weighted by atomic mass is 10.1. The Hall–Kier alpha value is 0.180. The Morgan fingerprint density at radius 2 is 1.26 bits per heavy atom. The van der Waals surface area contributed by atoms with Gasteiger partial charge in [-0.25, -0.2) is 9.13 Å². The van der Waals surface area contributed by atoms with Gasteiger partial charge in [-0.15, -0.1) is 0 Å². The summed E-state index contributed by atoms with van der Waals surface area (Å²) in [5, 5.41) is 0. The second kappa shape index (κ2) is 12.7. The van der Waals surface area contributed by atoms with Gasteiger partial charge in [-0.05, 0) is 33.1 Å². The van der Waals surface area contributed by atoms with Crippen LogP contribution in [0.25, 0.3) is 0 Å². The fourth-order valence-corrected chi connectivity index (χ4v) is 4.09. The van der Waals surface area contributed by atoms with Crippen LogP contribution in [0.3, 0.4) is 0 Å². The zero-order valence-electron chi connectivity index (χ0n) is 17.5. The largest absolute Gasteiger partial charge is 0.472 e. The molecule has 0 saturated carbocycles. The van der Waals surface area contributed by atoms with Crippen molar-refractivity contribution in [3.05, 3.63) is 0 Å². The summed E-state index contributed by atoms with van der Waals surface area (Å²) in [6.07, 6.45) is 2.37. The third-order valence-corrected chi connectivity index (χ3v) is 5.84. The number of unbranched alkanes of at least 4 members (excludes halogenated alkanes) is 1. The molecule has 0 aliphatic heterocycles. The van der Waals surface area contributed by atoms with Gasteiger partial charge in [0, 0.05) is 0 Å². The Balaban J connectivity index is 4.00. The van der Waals surface area contributed by atoms with Crippen LogP contribution in [0.2, 0.25) is 0 Å². The van der Waals surface area contributed by atoms with Gasteiger partial charge in [-0.2, -0.15) is 0 Å². The third-order valence-electron chi connectivity index (χ3n) is 3.57. The molecule has 0 aromatic rings. The van der Waals surface area contributed by atoms with E-state index in [0.717, 1.165) is 12.8 Å². The molecule has 0 aliphatic carbocycles. The molecular weight excluding hydrogens is 396 g/mol. The van der Waals surface area contributed by atoms with E-state index in [9.17, 15) is 18.9 Å². The number of hydrogen-bond acceptors (Lipinski definition) is 6. The first kappa shape index (κ1) is 27.2. The van der Waals surface area contributed by atoms with Crippen molar-refractivity contribution >= 4 is 15.6 Å². The Morgan fingerprint density at radius 3 is 1.63 bits per heavy atom. The maximum Gasteiger partial charge on any atom is 0.472 e. The quantitative estimate of drug-likeness (QED) is 0.215. The number of hydrogen-bond donors (Lipinski definition) is 2. The van der Waals surface area contributed by atoms with E-state index < -0.39 is 27.9 Å². The van der Waals surface area contributed by atoms with Crippen LogP contribution in [0.15, 0.2) is 0 Å². The first-order valence-electron chi connectivity index (χ1n) is 9.38. The van der Waals surface area contributed by atoms with Gasteiger partial charge in [0.05, 0.1) is 40.0 Å². The summed E-state index contributed by atoms with van der Waals surface area (Å²) >= 11 is 0. The predicted molar refractivity (Wildman–Crippen MR) is 104 cm³/mol. The lowest BCUT2D eigenvalue weighted by Crippen LogP contribution is -2.37. The second-order valence-corrected chi connectivity index (χ2v) is 10.5. The molecule has 0 spiro atoms. The molecule has 0 aromatic heterocycles. The number of rotatable bonds is 16. The minimum atomic E-state index is -4.06. The molecule has 11 heteroatoms. The van der Waals surface area contributed by atoms with Crippen LogP contribution in [0.4, 0.5) is 0 Å². The van der Waals surface area contributed by atoms with Gasteiger partial charge < -0.3 is 14.3 Å². The maximum absolute atomic E-state index is 11.9. The molecular formula is C16H38NO8P2+. The highest BCUT2D eigenvalue weighted by molar-refractivity contribution is 7.47. The summed E-state index contributed by atoms with van der Waals surface area (Å²) in [6.45, 7) is 6.17. The number of quaternary nitrogens is 1. The predicted octanol–water partition coefficient (Wildman–Crippen LogP) is 3.71. The molecule has 164 valence electrons. The summed E-state index contributed by atoms with van der Waals surface area (Å²) in [4.78, 5) is 19.3. The van der Waals surface area contributed by atoms with Gasteiger partial charge in [0.2, 0.25) is 0 Å². The minimum Gasteiger partial charge on any atom is -0.329 e. The van der Waals surface area contributed by atoms with Gasteiger partial charge in [-0.1, -0.05) is 19.8 Å². The number of likely N-dealkylation sites (N-methyl/N-ethyl adjacent to an activating group) is 1. The summed E-state index contributed by atoms with van der Waals surface area (Å²) in [6, 6.07) is 0. The molecule has 0 aromatic carbocycles. The van der Waals surface area contributed by atoms with Crippen molar-refractivity contribution in [2.45, 2.75) is 65.1 Å². The third kappa shape index (κ3) is 16.8. The van der Waals surface area contributed by atoms with E-state index in [0.29, 0.717) is 30.3 Å². The lowest BCUT2D eigenvalue weighted by Gasteiger charge is -2.24. The standard InChI is InChI=1S/C16H37NO8P2/c1-7-13-22-26(18,19)24-15(2)10-8-9-11-16(3)25-27(20,21)23-14-12-17(4,5)6/h15-16H,7-14H2,1-6H3,(H-,18,19,20,21)/p+1/t15-,16+/m0/s1. The van der Waals surface area contributed by atoms with Crippen molar-refractivity contribution in [1.29, 1.82) is 0 Å². The molecule has 0 bridgehead atoms. The first-order valence-corrected chi connectivity index (χ1v) is 12.4. The first-order chi connectivity index (χ1) is 12.3. The van der Waals surface area contributed by atoms with Gasteiger partial charge >= 0.3 is 15.6 Å². The lowest BCUT2D eigenvalue weighted by molar-refractivity contribution is -0.870. The monoisotopic (exact) mass is 434 g/mol. The molecule has 4 atom stereocenters. The van der Waals surface area contributed by atoms with E-state index in [4.69, 9.17) is 18.1 Å². The zero-order chi connectivity index (χ0) is 21.1. The smallest absolute Gasteiger partial charge is 0.329 e. The zero-order valence-corrected chi connectivity index (χ0v) is 19.3. The van der Waals surface area contributed by atoms with E-state index in [1.807, 2.05) is 28.1 Å². The highest BCUT2D eigenvalue weighted by Gasteiger charge is 2.26. The highest BCUT2D eigenvalue weighted by atomic mass is 31.2. The van der Waals surface area contributed by atoms with Crippen molar-refractivity contribution in [3.8, 4) is 0 Å². The van der Waals surface area contributed by atoms with Gasteiger partial charge in [0.15, 0.2) is 0 Å². The summed E-state index contributed by atoms with van der Waals surface area (Å²) in [7, 11) is -2.17. The van der Waals surface area contributed by atoms with Crippen molar-refractivity contribution < 1.29 is 41.5 Å². The minimum absolute atomic E-state index is 0.139. The van der Waals surface area contributed by atoms with Crippen molar-refractivity contribution in [2.75, 3.05) is 40.9 Å². The van der Waals surface area contributed by atoms with Crippen LogP contribution in [0, 0.1) is 0 Å². The Bertz CT molecular complexity index is 497. The Labute approximate surface area is 163 Å². The summed E-state index contributed by atoms with van der Waals surface area (Å²) in [5.41, 5.74) is 0. The van der Waals surface area contributed by atoms with Crippen LogP contribution in [0.5, 0.6) is 0 Å². The maximum atomic E-state index is 11.9. The molecule has 0 amide bonds. The molecule has 27 heavy (non-hydrogen) atoms. The molecule has 0 heterocycles. The van der Waals surface area contributed by atoms with Crippen LogP contribution in [-0.2, 0) is 27.2 Å². The Morgan fingerprint density at radius 1 is 0.852 bits per heavy atom. The molecule has 0 rings (SSSR count). The van der Waals surface area contributed by atoms with Crippen LogP contribution in [-0.4, -0.2) is 67.4 Å². The summed E-state index contributed by atoms with van der Waals surface area (Å²) in [5.74, 6) is 0. The number of nitrogens with zero attached hydrogens (tertiary/aromatic N) is 1. The number of phosphoric ester groups is 2. The SMILES string of the molecule is CCCOP(=O)(O)O[C@@H](C)CCCC[C@@H](C)OP(=O)(O)OCC[N+](C)(C)C. The van der Waals surface area contributed by atoms with Crippen molar-refractivity contribution in [1.82, 2.24) is 0 Å². The van der Waals surface area contributed by atoms with Gasteiger partial charge in [0.1, 0.15) is 13.2 Å². The average Bonchev–Trinajstić information content (AvgIpc) is 2.47. The molecule has 0 saturated heterocycles. The van der Waals surface area contributed by atoms with E-state index >= 15 is 0 Å². The van der Waals surface area contributed by atoms with Crippen LogP contribution >= 0.6 is 15.6 Å². The van der Waals surface area contributed by atoms with Crippen molar-refractivity contribution in [2.24, 2.45) is 0 Å². The van der Waals surface area contributed by atoms with E-state index in [1.54, 1.807) is 13.8 Å². The topological polar surface area (TPSA) is 112 Å². The average molecular weight is 434 g/mol. The van der Waals surface area contributed by atoms with Gasteiger partial charge in [0.25, 0.3) is 0 Å². The molecule has 0 radical (unpaired) electrons. The van der Waals surface area contributed by atoms with E-state index in [-0.39, 0.29) is 13.2 Å². The molecule has 2 unspecified atom stereocenters. The fourth-order valence-electron chi connectivity index (χ4n) is 2.12. The van der Waals surface area contributed by atoms with Crippen LogP contribution in [0.1, 0.15) is 52.9 Å². The Kier molecular flexibility index (Phi) is 12.8. The molecule has 0 fully saturated rings. The normalized spacial score (nSPS) is 19.3. The highest BCUT2D eigenvalue weighted by Crippen LogP contribution is 2.46. The summed E-state index contributed by atoms with van der Waals surface area (Å²) < 4.78 is 44.1. The fraction of sp³-hybridized carbons (Fsp3) is 1.00. The molecule has 9 nitrogen and oxygen atoms in total.